The number of methoxy groups -OCH3 is 1. The van der Waals surface area contributed by atoms with Gasteiger partial charge in [0.1, 0.15) is 0 Å². The topological polar surface area (TPSA) is 53.7 Å². The van der Waals surface area contributed by atoms with Gasteiger partial charge in [0.05, 0.1) is 24.9 Å². The van der Waals surface area contributed by atoms with Crippen LogP contribution in [0.15, 0.2) is 0 Å². The monoisotopic (exact) mass is 203 g/mol. The molecule has 4 unspecified atom stereocenters. The Bertz CT molecular complexity index is 165. The van der Waals surface area contributed by atoms with Gasteiger partial charge in [0, 0.05) is 19.8 Å². The smallest absolute Gasteiger partial charge is 0.0988 e. The molecule has 0 amide bonds. The lowest BCUT2D eigenvalue weighted by atomic mass is 9.86. The Balaban J connectivity index is 2.24. The first kappa shape index (κ1) is 11.9. The van der Waals surface area contributed by atoms with Crippen LogP contribution in [0.4, 0.5) is 0 Å². The molecule has 0 aromatic rings. The van der Waals surface area contributed by atoms with Gasteiger partial charge in [0.15, 0.2) is 0 Å². The van der Waals surface area contributed by atoms with Gasteiger partial charge < -0.3 is 19.9 Å². The summed E-state index contributed by atoms with van der Waals surface area (Å²) in [4.78, 5) is 0. The highest BCUT2D eigenvalue weighted by Crippen LogP contribution is 2.26. The lowest BCUT2D eigenvalue weighted by Crippen LogP contribution is -2.59. The lowest BCUT2D eigenvalue weighted by molar-refractivity contribution is -0.164. The van der Waals surface area contributed by atoms with E-state index in [0.717, 1.165) is 6.42 Å². The summed E-state index contributed by atoms with van der Waals surface area (Å²) in [6.07, 6.45) is 1.22. The van der Waals surface area contributed by atoms with Gasteiger partial charge in [-0.2, -0.15) is 0 Å². The normalized spacial score (nSPS) is 33.9. The molecule has 0 radical (unpaired) electrons. The first-order valence-electron chi connectivity index (χ1n) is 5.20. The van der Waals surface area contributed by atoms with Crippen LogP contribution in [0.25, 0.3) is 0 Å². The molecule has 0 aliphatic heterocycles. The van der Waals surface area contributed by atoms with Crippen LogP contribution in [0.1, 0.15) is 20.3 Å². The first-order chi connectivity index (χ1) is 6.69. The van der Waals surface area contributed by atoms with E-state index in [1.165, 1.54) is 0 Å². The molecule has 4 heteroatoms. The van der Waals surface area contributed by atoms with E-state index in [-0.39, 0.29) is 24.4 Å². The van der Waals surface area contributed by atoms with E-state index in [4.69, 9.17) is 19.9 Å². The molecule has 0 aromatic heterocycles. The molecule has 0 saturated heterocycles. The van der Waals surface area contributed by atoms with Gasteiger partial charge >= 0.3 is 0 Å². The molecular weight excluding hydrogens is 182 g/mol. The van der Waals surface area contributed by atoms with Crippen molar-refractivity contribution in [1.82, 2.24) is 0 Å². The second-order valence-corrected chi connectivity index (χ2v) is 3.76. The van der Waals surface area contributed by atoms with Gasteiger partial charge in [-0.25, -0.2) is 0 Å². The third kappa shape index (κ3) is 2.92. The molecular formula is C10H21NO3. The lowest BCUT2D eigenvalue weighted by Gasteiger charge is -2.42. The molecule has 14 heavy (non-hydrogen) atoms. The molecule has 1 rings (SSSR count). The minimum Gasteiger partial charge on any atom is -0.382 e. The fourth-order valence-corrected chi connectivity index (χ4v) is 1.75. The summed E-state index contributed by atoms with van der Waals surface area (Å²) >= 11 is 0. The van der Waals surface area contributed by atoms with E-state index in [1.54, 1.807) is 7.11 Å². The van der Waals surface area contributed by atoms with Gasteiger partial charge in [-0.05, 0) is 20.3 Å². The van der Waals surface area contributed by atoms with Crippen LogP contribution >= 0.6 is 0 Å². The third-order valence-corrected chi connectivity index (χ3v) is 2.46. The zero-order chi connectivity index (χ0) is 10.6. The van der Waals surface area contributed by atoms with Crippen LogP contribution in [-0.4, -0.2) is 44.7 Å². The Morgan fingerprint density at radius 1 is 1.50 bits per heavy atom. The van der Waals surface area contributed by atoms with Crippen molar-refractivity contribution in [3.05, 3.63) is 0 Å². The molecule has 1 aliphatic carbocycles. The number of hydrogen-bond acceptors (Lipinski definition) is 4. The summed E-state index contributed by atoms with van der Waals surface area (Å²) in [5.41, 5.74) is 5.81. The number of rotatable bonds is 6. The summed E-state index contributed by atoms with van der Waals surface area (Å²) in [7, 11) is 1.67. The molecule has 0 spiro atoms. The Labute approximate surface area is 85.7 Å². The van der Waals surface area contributed by atoms with Gasteiger partial charge in [0.25, 0.3) is 0 Å². The molecule has 1 saturated carbocycles. The van der Waals surface area contributed by atoms with Crippen molar-refractivity contribution in [3.8, 4) is 0 Å². The highest BCUT2D eigenvalue weighted by atomic mass is 16.6. The Hall–Kier alpha value is -0.160. The third-order valence-electron chi connectivity index (χ3n) is 2.46. The SMILES string of the molecule is CCOC1C(N)CC1OC(C)COC. The van der Waals surface area contributed by atoms with Gasteiger partial charge in [-0.3, -0.25) is 0 Å². The van der Waals surface area contributed by atoms with Crippen molar-refractivity contribution < 1.29 is 14.2 Å². The largest absolute Gasteiger partial charge is 0.382 e. The molecule has 0 aromatic carbocycles. The zero-order valence-electron chi connectivity index (χ0n) is 9.23. The summed E-state index contributed by atoms with van der Waals surface area (Å²) in [5, 5.41) is 0. The quantitative estimate of drug-likeness (QED) is 0.684. The molecule has 1 fully saturated rings. The molecule has 2 N–H and O–H groups in total. The highest BCUT2D eigenvalue weighted by Gasteiger charge is 2.41. The van der Waals surface area contributed by atoms with Crippen LogP contribution in [0.5, 0.6) is 0 Å². The number of ether oxygens (including phenoxy) is 3. The Morgan fingerprint density at radius 3 is 2.71 bits per heavy atom. The van der Waals surface area contributed by atoms with E-state index in [0.29, 0.717) is 13.2 Å². The van der Waals surface area contributed by atoms with Gasteiger partial charge in [0.2, 0.25) is 0 Å². The number of nitrogens with two attached hydrogens (primary N) is 1. The maximum Gasteiger partial charge on any atom is 0.0988 e. The van der Waals surface area contributed by atoms with E-state index in [9.17, 15) is 0 Å². The van der Waals surface area contributed by atoms with Crippen LogP contribution in [0, 0.1) is 0 Å². The van der Waals surface area contributed by atoms with Crippen molar-refractivity contribution in [2.24, 2.45) is 5.73 Å². The van der Waals surface area contributed by atoms with E-state index < -0.39 is 0 Å². The predicted molar refractivity (Wildman–Crippen MR) is 54.2 cm³/mol. The van der Waals surface area contributed by atoms with Crippen molar-refractivity contribution in [2.75, 3.05) is 20.3 Å². The standard InChI is InChI=1S/C10H21NO3/c1-4-13-10-8(11)5-9(10)14-7(2)6-12-3/h7-10H,4-6,11H2,1-3H3. The van der Waals surface area contributed by atoms with Crippen LogP contribution in [0.3, 0.4) is 0 Å². The van der Waals surface area contributed by atoms with E-state index in [1.807, 2.05) is 13.8 Å². The van der Waals surface area contributed by atoms with Crippen LogP contribution in [0.2, 0.25) is 0 Å². The van der Waals surface area contributed by atoms with Crippen LogP contribution < -0.4 is 5.73 Å². The molecule has 1 aliphatic rings. The highest BCUT2D eigenvalue weighted by molar-refractivity contribution is 4.95. The van der Waals surface area contributed by atoms with Crippen LogP contribution in [-0.2, 0) is 14.2 Å². The molecule has 84 valence electrons. The van der Waals surface area contributed by atoms with Crippen molar-refractivity contribution >= 4 is 0 Å². The van der Waals surface area contributed by atoms with Crippen molar-refractivity contribution in [3.63, 3.8) is 0 Å². The summed E-state index contributed by atoms with van der Waals surface area (Å²) in [6.45, 7) is 5.28. The molecule has 0 heterocycles. The van der Waals surface area contributed by atoms with E-state index in [2.05, 4.69) is 0 Å². The first-order valence-corrected chi connectivity index (χ1v) is 5.20. The summed E-state index contributed by atoms with van der Waals surface area (Å²) in [5.74, 6) is 0. The fraction of sp³-hybridized carbons (Fsp3) is 1.00. The Morgan fingerprint density at radius 2 is 2.21 bits per heavy atom. The fourth-order valence-electron chi connectivity index (χ4n) is 1.75. The minimum absolute atomic E-state index is 0.0688. The van der Waals surface area contributed by atoms with Gasteiger partial charge in [-0.15, -0.1) is 0 Å². The molecule has 4 nitrogen and oxygen atoms in total. The van der Waals surface area contributed by atoms with Gasteiger partial charge in [-0.1, -0.05) is 0 Å². The second kappa shape index (κ2) is 5.66. The summed E-state index contributed by atoms with van der Waals surface area (Å²) < 4.78 is 16.2. The van der Waals surface area contributed by atoms with Crippen molar-refractivity contribution in [1.29, 1.82) is 0 Å². The summed E-state index contributed by atoms with van der Waals surface area (Å²) in [6, 6.07) is 0.134. The minimum atomic E-state index is 0.0688. The zero-order valence-corrected chi connectivity index (χ0v) is 9.23. The van der Waals surface area contributed by atoms with E-state index >= 15 is 0 Å². The average molecular weight is 203 g/mol. The number of hydrogen-bond donors (Lipinski definition) is 1. The maximum absolute atomic E-state index is 5.81. The average Bonchev–Trinajstić information content (AvgIpc) is 2.14. The Kier molecular flexibility index (Phi) is 4.81. The molecule has 0 bridgehead atoms. The van der Waals surface area contributed by atoms with Crippen molar-refractivity contribution in [2.45, 2.75) is 44.6 Å². The maximum atomic E-state index is 5.81. The second-order valence-electron chi connectivity index (χ2n) is 3.76. The predicted octanol–water partition coefficient (Wildman–Crippen LogP) is 0.543. The molecule has 4 atom stereocenters.